The summed E-state index contributed by atoms with van der Waals surface area (Å²) < 4.78 is 13.8. The number of allylic oxidation sites excluding steroid dienone is 1. The Morgan fingerprint density at radius 1 is 1.17 bits per heavy atom. The van der Waals surface area contributed by atoms with Gasteiger partial charge in [-0.15, -0.1) is 0 Å². The predicted octanol–water partition coefficient (Wildman–Crippen LogP) is 2.51. The highest BCUT2D eigenvalue weighted by molar-refractivity contribution is 6.00. The molecule has 0 unspecified atom stereocenters. The van der Waals surface area contributed by atoms with Crippen LogP contribution in [0.2, 0.25) is 0 Å². The number of piperazine rings is 1. The van der Waals surface area contributed by atoms with Gasteiger partial charge in [-0.25, -0.2) is 9.38 Å². The van der Waals surface area contributed by atoms with E-state index >= 15 is 0 Å². The highest BCUT2D eigenvalue weighted by Gasteiger charge is 2.20. The van der Waals surface area contributed by atoms with Crippen LogP contribution in [-0.4, -0.2) is 48.4 Å². The van der Waals surface area contributed by atoms with Gasteiger partial charge in [0.25, 0.3) is 0 Å². The molecule has 3 aliphatic heterocycles. The number of amidine groups is 1. The van der Waals surface area contributed by atoms with Crippen LogP contribution < -0.4 is 5.32 Å². The second kappa shape index (κ2) is 6.24. The van der Waals surface area contributed by atoms with Gasteiger partial charge in [0.15, 0.2) is 0 Å². The van der Waals surface area contributed by atoms with Crippen LogP contribution >= 0.6 is 0 Å². The van der Waals surface area contributed by atoms with E-state index in [9.17, 15) is 4.39 Å². The van der Waals surface area contributed by atoms with Gasteiger partial charge in [0.05, 0.1) is 11.4 Å². The Balaban J connectivity index is 1.54. The third-order valence-corrected chi connectivity index (χ3v) is 4.65. The van der Waals surface area contributed by atoms with Crippen LogP contribution in [0.25, 0.3) is 5.70 Å². The maximum absolute atomic E-state index is 13.8. The molecule has 1 saturated heterocycles. The first-order chi connectivity index (χ1) is 11.7. The largest absolute Gasteiger partial charge is 0.368 e. The van der Waals surface area contributed by atoms with Gasteiger partial charge in [0.1, 0.15) is 11.7 Å². The summed E-state index contributed by atoms with van der Waals surface area (Å²) in [7, 11) is 0. The summed E-state index contributed by atoms with van der Waals surface area (Å²) in [6, 6.07) is 5.30. The zero-order valence-electron chi connectivity index (χ0n) is 13.8. The van der Waals surface area contributed by atoms with Crippen molar-refractivity contribution in [1.29, 1.82) is 0 Å². The number of aryl methyl sites for hydroxylation is 1. The highest BCUT2D eigenvalue weighted by atomic mass is 19.1. The lowest BCUT2D eigenvalue weighted by atomic mass is 10.1. The van der Waals surface area contributed by atoms with Gasteiger partial charge in [-0.05, 0) is 36.8 Å². The van der Waals surface area contributed by atoms with Crippen molar-refractivity contribution < 1.29 is 4.39 Å². The summed E-state index contributed by atoms with van der Waals surface area (Å²) in [6.07, 6.45) is 8.39. The standard InChI is InChI=1S/C19H21FN4/c1-14-2-3-15(12-17(14)20)18-6-9-24-13-16(4-5-19(24)22-18)23-10-7-21-8-11-23/h2-6,12-13,21H,7-11H2,1H3. The second-order valence-corrected chi connectivity index (χ2v) is 6.30. The van der Waals surface area contributed by atoms with E-state index in [-0.39, 0.29) is 5.82 Å². The number of fused-ring (bicyclic) bond motifs is 1. The number of nitrogens with one attached hydrogen (secondary N) is 1. The molecule has 0 aliphatic carbocycles. The molecule has 1 N–H and O–H groups in total. The first-order valence-electron chi connectivity index (χ1n) is 8.38. The molecule has 0 aromatic heterocycles. The number of hydrogen-bond acceptors (Lipinski definition) is 4. The van der Waals surface area contributed by atoms with E-state index in [0.29, 0.717) is 5.56 Å². The molecule has 24 heavy (non-hydrogen) atoms. The van der Waals surface area contributed by atoms with Crippen molar-refractivity contribution in [2.75, 3.05) is 32.7 Å². The van der Waals surface area contributed by atoms with Gasteiger partial charge in [0.2, 0.25) is 0 Å². The van der Waals surface area contributed by atoms with Crippen LogP contribution in [0, 0.1) is 12.7 Å². The Morgan fingerprint density at radius 3 is 2.79 bits per heavy atom. The molecule has 0 saturated carbocycles. The molecule has 0 amide bonds. The lowest BCUT2D eigenvalue weighted by molar-refractivity contribution is 0.302. The smallest absolute Gasteiger partial charge is 0.133 e. The number of hydrogen-bond donors (Lipinski definition) is 1. The molecule has 124 valence electrons. The van der Waals surface area contributed by atoms with Crippen molar-refractivity contribution in [3.8, 4) is 0 Å². The van der Waals surface area contributed by atoms with Crippen LogP contribution in [0.3, 0.4) is 0 Å². The normalized spacial score (nSPS) is 20.3. The van der Waals surface area contributed by atoms with Crippen LogP contribution in [-0.2, 0) is 0 Å². The van der Waals surface area contributed by atoms with E-state index in [1.54, 1.807) is 19.1 Å². The van der Waals surface area contributed by atoms with Crippen LogP contribution in [0.4, 0.5) is 4.39 Å². The molecule has 0 radical (unpaired) electrons. The Hall–Kier alpha value is -2.40. The van der Waals surface area contributed by atoms with Gasteiger partial charge < -0.3 is 15.1 Å². The zero-order chi connectivity index (χ0) is 16.5. The molecular weight excluding hydrogens is 303 g/mol. The average Bonchev–Trinajstić information content (AvgIpc) is 2.64. The third kappa shape index (κ3) is 2.87. The zero-order valence-corrected chi connectivity index (χ0v) is 13.8. The van der Waals surface area contributed by atoms with E-state index in [0.717, 1.165) is 49.8 Å². The minimum absolute atomic E-state index is 0.184. The molecule has 0 spiro atoms. The van der Waals surface area contributed by atoms with E-state index in [4.69, 9.17) is 4.99 Å². The SMILES string of the molecule is Cc1ccc(C2=CCN3C=C(N4CCNCC4)C=CC3=N2)cc1F. The summed E-state index contributed by atoms with van der Waals surface area (Å²) >= 11 is 0. The highest BCUT2D eigenvalue weighted by Crippen LogP contribution is 2.25. The van der Waals surface area contributed by atoms with Crippen molar-refractivity contribution in [1.82, 2.24) is 15.1 Å². The van der Waals surface area contributed by atoms with E-state index in [1.807, 2.05) is 6.07 Å². The fraction of sp³-hybridized carbons (Fsp3) is 0.316. The van der Waals surface area contributed by atoms with Crippen LogP contribution in [0.1, 0.15) is 11.1 Å². The molecule has 0 atom stereocenters. The van der Waals surface area contributed by atoms with Gasteiger partial charge in [-0.1, -0.05) is 12.1 Å². The van der Waals surface area contributed by atoms with E-state index in [2.05, 4.69) is 39.5 Å². The first kappa shape index (κ1) is 15.1. The van der Waals surface area contributed by atoms with Crippen LogP contribution in [0.15, 0.2) is 53.3 Å². The first-order valence-corrected chi connectivity index (χ1v) is 8.38. The molecule has 1 aromatic rings. The summed E-state index contributed by atoms with van der Waals surface area (Å²) in [5.41, 5.74) is 3.55. The fourth-order valence-electron chi connectivity index (χ4n) is 3.17. The minimum Gasteiger partial charge on any atom is -0.368 e. The molecule has 4 nitrogen and oxygen atoms in total. The summed E-state index contributed by atoms with van der Waals surface area (Å²) in [5.74, 6) is 0.725. The van der Waals surface area contributed by atoms with Crippen LogP contribution in [0.5, 0.6) is 0 Å². The van der Waals surface area contributed by atoms with Crippen molar-refractivity contribution in [2.24, 2.45) is 4.99 Å². The molecule has 3 heterocycles. The molecule has 1 fully saturated rings. The lowest BCUT2D eigenvalue weighted by Crippen LogP contribution is -2.44. The van der Waals surface area contributed by atoms with E-state index in [1.165, 1.54) is 5.70 Å². The van der Waals surface area contributed by atoms with Gasteiger partial charge in [-0.3, -0.25) is 0 Å². The topological polar surface area (TPSA) is 30.9 Å². The summed E-state index contributed by atoms with van der Waals surface area (Å²) in [6.45, 7) is 6.63. The average molecular weight is 324 g/mol. The fourth-order valence-corrected chi connectivity index (χ4v) is 3.17. The van der Waals surface area contributed by atoms with Gasteiger partial charge in [0, 0.05) is 44.5 Å². The monoisotopic (exact) mass is 324 g/mol. The van der Waals surface area contributed by atoms with Crippen molar-refractivity contribution in [3.63, 3.8) is 0 Å². The maximum Gasteiger partial charge on any atom is 0.133 e. The molecule has 0 bridgehead atoms. The molecule has 5 heteroatoms. The number of benzene rings is 1. The minimum atomic E-state index is -0.184. The Kier molecular flexibility index (Phi) is 3.94. The van der Waals surface area contributed by atoms with Gasteiger partial charge >= 0.3 is 0 Å². The Bertz CT molecular complexity index is 770. The lowest BCUT2D eigenvalue weighted by Gasteiger charge is -2.34. The summed E-state index contributed by atoms with van der Waals surface area (Å²) in [5, 5.41) is 3.37. The quantitative estimate of drug-likeness (QED) is 0.907. The Labute approximate surface area is 141 Å². The molecular formula is C19H21FN4. The van der Waals surface area contributed by atoms with Gasteiger partial charge in [-0.2, -0.15) is 0 Å². The molecule has 3 aliphatic rings. The third-order valence-electron chi connectivity index (χ3n) is 4.65. The number of nitrogens with zero attached hydrogens (tertiary/aromatic N) is 3. The van der Waals surface area contributed by atoms with Crippen molar-refractivity contribution in [2.45, 2.75) is 6.92 Å². The summed E-state index contributed by atoms with van der Waals surface area (Å²) in [4.78, 5) is 9.23. The maximum atomic E-state index is 13.8. The predicted molar refractivity (Wildman–Crippen MR) is 94.9 cm³/mol. The van der Waals surface area contributed by atoms with E-state index < -0.39 is 0 Å². The second-order valence-electron chi connectivity index (χ2n) is 6.30. The Morgan fingerprint density at radius 2 is 2.00 bits per heavy atom. The van der Waals surface area contributed by atoms with Crippen molar-refractivity contribution in [3.05, 3.63) is 65.3 Å². The number of aliphatic imine (C=N–C) groups is 1. The molecule has 1 aromatic carbocycles. The number of halogens is 1. The molecule has 4 rings (SSSR count). The number of rotatable bonds is 2. The van der Waals surface area contributed by atoms with Crippen molar-refractivity contribution >= 4 is 11.5 Å².